The summed E-state index contributed by atoms with van der Waals surface area (Å²) in [5, 5.41) is 8.85. The molecule has 0 bridgehead atoms. The maximum atomic E-state index is 5.50. The zero-order valence-corrected chi connectivity index (χ0v) is 10.4. The second-order valence-corrected chi connectivity index (χ2v) is 4.66. The van der Waals surface area contributed by atoms with Gasteiger partial charge in [-0.3, -0.25) is 0 Å². The van der Waals surface area contributed by atoms with E-state index in [1.807, 2.05) is 12.1 Å². The molecule has 0 aliphatic rings. The van der Waals surface area contributed by atoms with Crippen LogP contribution in [-0.2, 0) is 0 Å². The Morgan fingerprint density at radius 2 is 2.12 bits per heavy atom. The Balaban J connectivity index is 2.58. The maximum absolute atomic E-state index is 5.50. The van der Waals surface area contributed by atoms with Crippen molar-refractivity contribution in [3.05, 3.63) is 29.3 Å². The smallest absolute Gasteiger partial charge is 0.151 e. The number of hydrogen-bond acceptors (Lipinski definition) is 4. The largest absolute Gasteiger partial charge is 0.496 e. The predicted octanol–water partition coefficient (Wildman–Crippen LogP) is 3.34. The van der Waals surface area contributed by atoms with E-state index in [-0.39, 0.29) is 0 Å². The third kappa shape index (κ3) is 1.93. The lowest BCUT2D eigenvalue weighted by molar-refractivity contribution is 0.409. The number of ether oxygens (including phenoxy) is 1. The van der Waals surface area contributed by atoms with Crippen molar-refractivity contribution in [1.82, 2.24) is 10.2 Å². The van der Waals surface area contributed by atoms with E-state index in [9.17, 15) is 0 Å². The third-order valence-electron chi connectivity index (χ3n) is 2.46. The van der Waals surface area contributed by atoms with Crippen molar-refractivity contribution in [3.63, 3.8) is 0 Å². The molecular formula is C12H14N2OS. The van der Waals surface area contributed by atoms with Crippen LogP contribution < -0.4 is 4.74 Å². The summed E-state index contributed by atoms with van der Waals surface area (Å²) < 4.78 is 5.50. The minimum absolute atomic E-state index is 0.433. The summed E-state index contributed by atoms with van der Waals surface area (Å²) in [5.41, 5.74) is 3.96. The molecule has 0 atom stereocenters. The van der Waals surface area contributed by atoms with Gasteiger partial charge in [-0.25, -0.2) is 0 Å². The number of para-hydroxylation sites is 1. The Bertz CT molecular complexity index is 466. The Hall–Kier alpha value is -1.42. The molecule has 0 spiro atoms. The van der Waals surface area contributed by atoms with Gasteiger partial charge in [-0.15, -0.1) is 10.2 Å². The van der Waals surface area contributed by atoms with Crippen LogP contribution in [0.1, 0.15) is 25.3 Å². The molecule has 0 saturated carbocycles. The van der Waals surface area contributed by atoms with Gasteiger partial charge in [-0.1, -0.05) is 37.3 Å². The van der Waals surface area contributed by atoms with Crippen molar-refractivity contribution >= 4 is 11.3 Å². The number of methoxy groups -OCH3 is 1. The molecule has 84 valence electrons. The summed E-state index contributed by atoms with van der Waals surface area (Å²) in [4.78, 5) is 0. The number of rotatable bonds is 3. The van der Waals surface area contributed by atoms with E-state index in [2.05, 4.69) is 30.1 Å². The summed E-state index contributed by atoms with van der Waals surface area (Å²) in [6.45, 7) is 4.31. The van der Waals surface area contributed by atoms with Gasteiger partial charge >= 0.3 is 0 Å². The van der Waals surface area contributed by atoms with Crippen molar-refractivity contribution in [3.8, 4) is 16.3 Å². The Labute approximate surface area is 99.1 Å². The zero-order valence-electron chi connectivity index (χ0n) is 9.60. The predicted molar refractivity (Wildman–Crippen MR) is 66.0 cm³/mol. The molecule has 0 amide bonds. The fourth-order valence-electron chi connectivity index (χ4n) is 1.70. The summed E-state index contributed by atoms with van der Waals surface area (Å²) >= 11 is 1.52. The number of nitrogens with zero attached hydrogens (tertiary/aromatic N) is 2. The van der Waals surface area contributed by atoms with Crippen LogP contribution >= 0.6 is 11.3 Å². The molecular weight excluding hydrogens is 220 g/mol. The van der Waals surface area contributed by atoms with E-state index in [0.717, 1.165) is 16.3 Å². The van der Waals surface area contributed by atoms with E-state index in [4.69, 9.17) is 4.74 Å². The quantitative estimate of drug-likeness (QED) is 0.817. The molecule has 2 aromatic rings. The van der Waals surface area contributed by atoms with Gasteiger partial charge in [0.05, 0.1) is 12.7 Å². The minimum atomic E-state index is 0.433. The molecule has 0 aliphatic carbocycles. The highest BCUT2D eigenvalue weighted by atomic mass is 32.1. The molecule has 0 N–H and O–H groups in total. The maximum Gasteiger partial charge on any atom is 0.151 e. The first-order valence-electron chi connectivity index (χ1n) is 5.17. The van der Waals surface area contributed by atoms with E-state index in [0.29, 0.717) is 5.92 Å². The van der Waals surface area contributed by atoms with Crippen LogP contribution in [-0.4, -0.2) is 17.3 Å². The molecule has 0 aliphatic heterocycles. The van der Waals surface area contributed by atoms with Crippen LogP contribution in [0.15, 0.2) is 23.7 Å². The lowest BCUT2D eigenvalue weighted by Gasteiger charge is -2.14. The first kappa shape index (κ1) is 11.1. The van der Waals surface area contributed by atoms with Gasteiger partial charge in [0.1, 0.15) is 11.3 Å². The van der Waals surface area contributed by atoms with Gasteiger partial charge in [0.2, 0.25) is 0 Å². The fraction of sp³-hybridized carbons (Fsp3) is 0.333. The fourth-order valence-corrected chi connectivity index (χ4v) is 2.27. The molecule has 1 heterocycles. The molecule has 0 saturated heterocycles. The van der Waals surface area contributed by atoms with Crippen LogP contribution in [0, 0.1) is 0 Å². The van der Waals surface area contributed by atoms with E-state index < -0.39 is 0 Å². The first-order valence-corrected chi connectivity index (χ1v) is 6.05. The van der Waals surface area contributed by atoms with Gasteiger partial charge in [-0.2, -0.15) is 0 Å². The third-order valence-corrected chi connectivity index (χ3v) is 3.19. The average Bonchev–Trinajstić information content (AvgIpc) is 2.81. The number of hydrogen-bond donors (Lipinski definition) is 0. The SMILES string of the molecule is COc1c(-c2nncs2)cccc1C(C)C. The summed E-state index contributed by atoms with van der Waals surface area (Å²) in [6.07, 6.45) is 0. The topological polar surface area (TPSA) is 35.0 Å². The van der Waals surface area contributed by atoms with Crippen molar-refractivity contribution < 1.29 is 4.74 Å². The van der Waals surface area contributed by atoms with Gasteiger partial charge in [0, 0.05) is 0 Å². The molecule has 16 heavy (non-hydrogen) atoms. The highest BCUT2D eigenvalue weighted by Crippen LogP contribution is 2.36. The molecule has 2 rings (SSSR count). The van der Waals surface area contributed by atoms with Crippen molar-refractivity contribution in [2.24, 2.45) is 0 Å². The van der Waals surface area contributed by atoms with Crippen molar-refractivity contribution in [2.45, 2.75) is 19.8 Å². The van der Waals surface area contributed by atoms with Gasteiger partial charge in [-0.05, 0) is 17.5 Å². The Morgan fingerprint density at radius 3 is 2.69 bits per heavy atom. The highest BCUT2D eigenvalue weighted by Gasteiger charge is 2.14. The summed E-state index contributed by atoms with van der Waals surface area (Å²) in [6, 6.07) is 6.15. The molecule has 0 radical (unpaired) electrons. The molecule has 1 aromatic carbocycles. The van der Waals surface area contributed by atoms with E-state index in [1.54, 1.807) is 12.6 Å². The van der Waals surface area contributed by atoms with Gasteiger partial charge in [0.25, 0.3) is 0 Å². The summed E-state index contributed by atoms with van der Waals surface area (Å²) in [7, 11) is 1.70. The molecule has 0 fully saturated rings. The number of aromatic nitrogens is 2. The Morgan fingerprint density at radius 1 is 1.31 bits per heavy atom. The van der Waals surface area contributed by atoms with E-state index >= 15 is 0 Å². The monoisotopic (exact) mass is 234 g/mol. The lowest BCUT2D eigenvalue weighted by Crippen LogP contribution is -1.96. The second kappa shape index (κ2) is 4.61. The van der Waals surface area contributed by atoms with Crippen LogP contribution in [0.3, 0.4) is 0 Å². The first-order chi connectivity index (χ1) is 7.74. The summed E-state index contributed by atoms with van der Waals surface area (Å²) in [5.74, 6) is 1.34. The Kier molecular flexibility index (Phi) is 3.19. The normalized spacial score (nSPS) is 10.8. The van der Waals surface area contributed by atoms with Gasteiger partial charge in [0.15, 0.2) is 5.01 Å². The molecule has 0 unspecified atom stereocenters. The zero-order chi connectivity index (χ0) is 11.5. The van der Waals surface area contributed by atoms with Crippen LogP contribution in [0.25, 0.3) is 10.6 Å². The van der Waals surface area contributed by atoms with Crippen molar-refractivity contribution in [1.29, 1.82) is 0 Å². The minimum Gasteiger partial charge on any atom is -0.496 e. The number of benzene rings is 1. The van der Waals surface area contributed by atoms with Crippen LogP contribution in [0.2, 0.25) is 0 Å². The highest BCUT2D eigenvalue weighted by molar-refractivity contribution is 7.12. The lowest BCUT2D eigenvalue weighted by atomic mass is 9.99. The molecule has 3 nitrogen and oxygen atoms in total. The van der Waals surface area contributed by atoms with Crippen molar-refractivity contribution in [2.75, 3.05) is 7.11 Å². The van der Waals surface area contributed by atoms with Crippen LogP contribution in [0.5, 0.6) is 5.75 Å². The average molecular weight is 234 g/mol. The molecule has 4 heteroatoms. The standard InChI is InChI=1S/C12H14N2OS/c1-8(2)9-5-4-6-10(11(9)15-3)12-14-13-7-16-12/h4-8H,1-3H3. The second-order valence-electron chi connectivity index (χ2n) is 3.83. The van der Waals surface area contributed by atoms with E-state index in [1.165, 1.54) is 16.9 Å². The van der Waals surface area contributed by atoms with Gasteiger partial charge < -0.3 is 4.74 Å². The molecule has 1 aromatic heterocycles. The van der Waals surface area contributed by atoms with Crippen LogP contribution in [0.4, 0.5) is 0 Å².